The smallest absolute Gasteiger partial charge is 0.251 e. The van der Waals surface area contributed by atoms with Gasteiger partial charge in [-0.25, -0.2) is 0 Å². The van der Waals surface area contributed by atoms with Gasteiger partial charge in [0.2, 0.25) is 0 Å². The SMILES string of the molecule is C=CC(=O)N(c1ccc(Br)c(Br)c1)C(C)N(C)C. The standard InChI is InChI=1S/C13H16Br2N2O/c1-5-13(18)17(9(2)16(3)4)10-6-7-11(14)12(15)8-10/h5-9H,1H2,2-4H3. The number of carbonyl (C=O) groups excluding carboxylic acids is 1. The summed E-state index contributed by atoms with van der Waals surface area (Å²) >= 11 is 6.86. The molecule has 0 saturated carbocycles. The average molecular weight is 376 g/mol. The minimum atomic E-state index is -0.120. The highest BCUT2D eigenvalue weighted by molar-refractivity contribution is 9.13. The average Bonchev–Trinajstić information content (AvgIpc) is 2.33. The van der Waals surface area contributed by atoms with Gasteiger partial charge in [0, 0.05) is 14.6 Å². The maximum Gasteiger partial charge on any atom is 0.251 e. The van der Waals surface area contributed by atoms with Crippen LogP contribution in [-0.2, 0) is 4.79 Å². The van der Waals surface area contributed by atoms with Crippen LogP contribution in [0.25, 0.3) is 0 Å². The number of hydrogen-bond donors (Lipinski definition) is 0. The van der Waals surface area contributed by atoms with Gasteiger partial charge in [0.15, 0.2) is 0 Å². The zero-order valence-electron chi connectivity index (χ0n) is 10.7. The van der Waals surface area contributed by atoms with Crippen LogP contribution >= 0.6 is 31.9 Å². The van der Waals surface area contributed by atoms with Crippen molar-refractivity contribution >= 4 is 43.5 Å². The van der Waals surface area contributed by atoms with E-state index in [9.17, 15) is 4.79 Å². The second-order valence-corrected chi connectivity index (χ2v) is 5.81. The monoisotopic (exact) mass is 374 g/mol. The molecule has 98 valence electrons. The Morgan fingerprint density at radius 2 is 1.94 bits per heavy atom. The van der Waals surface area contributed by atoms with Crippen molar-refractivity contribution in [2.24, 2.45) is 0 Å². The minimum absolute atomic E-state index is 0.0522. The Balaban J connectivity index is 3.21. The quantitative estimate of drug-likeness (QED) is 0.592. The van der Waals surface area contributed by atoms with Crippen LogP contribution in [0.2, 0.25) is 0 Å². The second kappa shape index (κ2) is 6.50. The third kappa shape index (κ3) is 3.43. The van der Waals surface area contributed by atoms with Crippen molar-refractivity contribution in [1.82, 2.24) is 4.90 Å². The number of benzene rings is 1. The summed E-state index contributed by atoms with van der Waals surface area (Å²) in [5, 5.41) is 0. The first-order chi connectivity index (χ1) is 8.38. The molecule has 5 heteroatoms. The number of carbonyl (C=O) groups is 1. The van der Waals surface area contributed by atoms with E-state index in [0.717, 1.165) is 14.6 Å². The summed E-state index contributed by atoms with van der Waals surface area (Å²) in [4.78, 5) is 15.7. The number of hydrogen-bond acceptors (Lipinski definition) is 2. The first-order valence-electron chi connectivity index (χ1n) is 5.45. The number of anilines is 1. The summed E-state index contributed by atoms with van der Waals surface area (Å²) in [6.45, 7) is 5.53. The van der Waals surface area contributed by atoms with Crippen molar-refractivity contribution < 1.29 is 4.79 Å². The van der Waals surface area contributed by atoms with Gasteiger partial charge in [-0.3, -0.25) is 14.6 Å². The Morgan fingerprint density at radius 3 is 2.39 bits per heavy atom. The molecule has 18 heavy (non-hydrogen) atoms. The molecule has 1 atom stereocenters. The summed E-state index contributed by atoms with van der Waals surface area (Å²) in [6, 6.07) is 5.72. The molecule has 0 bridgehead atoms. The largest absolute Gasteiger partial charge is 0.293 e. The zero-order chi connectivity index (χ0) is 13.9. The van der Waals surface area contributed by atoms with Crippen molar-refractivity contribution in [1.29, 1.82) is 0 Å². The van der Waals surface area contributed by atoms with Gasteiger partial charge in [-0.2, -0.15) is 0 Å². The van der Waals surface area contributed by atoms with E-state index in [-0.39, 0.29) is 12.1 Å². The second-order valence-electron chi connectivity index (χ2n) is 4.11. The lowest BCUT2D eigenvalue weighted by Gasteiger charge is -2.33. The lowest BCUT2D eigenvalue weighted by Crippen LogP contribution is -2.46. The molecular weight excluding hydrogens is 360 g/mol. The first-order valence-corrected chi connectivity index (χ1v) is 7.04. The van der Waals surface area contributed by atoms with Crippen molar-refractivity contribution in [3.8, 4) is 0 Å². The molecule has 0 aliphatic carbocycles. The van der Waals surface area contributed by atoms with Crippen molar-refractivity contribution in [2.75, 3.05) is 19.0 Å². The van der Waals surface area contributed by atoms with E-state index in [1.165, 1.54) is 6.08 Å². The van der Waals surface area contributed by atoms with Crippen LogP contribution < -0.4 is 4.90 Å². The van der Waals surface area contributed by atoms with Crippen LogP contribution in [0, 0.1) is 0 Å². The van der Waals surface area contributed by atoms with E-state index >= 15 is 0 Å². The van der Waals surface area contributed by atoms with Gasteiger partial charge in [0.05, 0.1) is 6.17 Å². The zero-order valence-corrected chi connectivity index (χ0v) is 13.8. The highest BCUT2D eigenvalue weighted by atomic mass is 79.9. The van der Waals surface area contributed by atoms with Gasteiger partial charge in [0.1, 0.15) is 0 Å². The summed E-state index contributed by atoms with van der Waals surface area (Å²) < 4.78 is 1.86. The fourth-order valence-electron chi connectivity index (χ4n) is 1.49. The van der Waals surface area contributed by atoms with Crippen molar-refractivity contribution in [3.05, 3.63) is 39.8 Å². The van der Waals surface area contributed by atoms with Gasteiger partial charge < -0.3 is 0 Å². The Kier molecular flexibility index (Phi) is 5.56. The molecule has 0 saturated heterocycles. The molecule has 0 aromatic heterocycles. The maximum absolute atomic E-state index is 12.0. The minimum Gasteiger partial charge on any atom is -0.293 e. The number of amides is 1. The van der Waals surface area contributed by atoms with E-state index in [1.807, 2.05) is 44.1 Å². The van der Waals surface area contributed by atoms with Crippen molar-refractivity contribution in [3.63, 3.8) is 0 Å². The van der Waals surface area contributed by atoms with Gasteiger partial charge in [-0.15, -0.1) is 0 Å². The Morgan fingerprint density at radius 1 is 1.33 bits per heavy atom. The van der Waals surface area contributed by atoms with Crippen LogP contribution in [0.4, 0.5) is 5.69 Å². The normalized spacial score (nSPS) is 12.3. The van der Waals surface area contributed by atoms with E-state index in [1.54, 1.807) is 4.90 Å². The summed E-state index contributed by atoms with van der Waals surface area (Å²) in [6.07, 6.45) is 1.28. The molecule has 0 aliphatic heterocycles. The molecule has 0 fully saturated rings. The van der Waals surface area contributed by atoms with Gasteiger partial charge in [-0.05, 0) is 77.2 Å². The van der Waals surface area contributed by atoms with Crippen LogP contribution in [0.5, 0.6) is 0 Å². The number of halogens is 2. The lowest BCUT2D eigenvalue weighted by atomic mass is 10.2. The fourth-order valence-corrected chi connectivity index (χ4v) is 2.10. The van der Waals surface area contributed by atoms with E-state index in [2.05, 4.69) is 38.4 Å². The molecule has 0 radical (unpaired) electrons. The Hall–Kier alpha value is -0.650. The predicted molar refractivity (Wildman–Crippen MR) is 82.7 cm³/mol. The van der Waals surface area contributed by atoms with E-state index in [4.69, 9.17) is 0 Å². The highest BCUT2D eigenvalue weighted by Gasteiger charge is 2.21. The van der Waals surface area contributed by atoms with Gasteiger partial charge in [0.25, 0.3) is 5.91 Å². The first kappa shape index (κ1) is 15.4. The maximum atomic E-state index is 12.0. The molecule has 0 spiro atoms. The Bertz CT molecular complexity index is 460. The molecule has 0 heterocycles. The third-order valence-electron chi connectivity index (χ3n) is 2.71. The van der Waals surface area contributed by atoms with E-state index < -0.39 is 0 Å². The number of rotatable bonds is 4. The van der Waals surface area contributed by atoms with Gasteiger partial charge >= 0.3 is 0 Å². The molecule has 3 nitrogen and oxygen atoms in total. The molecule has 1 rings (SSSR count). The third-order valence-corrected chi connectivity index (χ3v) is 4.59. The molecule has 1 amide bonds. The van der Waals surface area contributed by atoms with Crippen LogP contribution in [-0.4, -0.2) is 31.1 Å². The van der Waals surface area contributed by atoms with Gasteiger partial charge in [-0.1, -0.05) is 6.58 Å². The summed E-state index contributed by atoms with van der Waals surface area (Å²) in [7, 11) is 3.86. The topological polar surface area (TPSA) is 23.6 Å². The molecule has 1 unspecified atom stereocenters. The molecular formula is C13H16Br2N2O. The summed E-state index contributed by atoms with van der Waals surface area (Å²) in [5.74, 6) is -0.120. The summed E-state index contributed by atoms with van der Waals surface area (Å²) in [5.41, 5.74) is 0.830. The lowest BCUT2D eigenvalue weighted by molar-refractivity contribution is -0.115. The fraction of sp³-hybridized carbons (Fsp3) is 0.308. The predicted octanol–water partition coefficient (Wildman–Crippen LogP) is 3.64. The molecule has 1 aromatic carbocycles. The highest BCUT2D eigenvalue weighted by Crippen LogP contribution is 2.29. The molecule has 1 aromatic rings. The Labute approximate surface area is 125 Å². The van der Waals surface area contributed by atoms with Crippen LogP contribution in [0.1, 0.15) is 6.92 Å². The van der Waals surface area contributed by atoms with Crippen LogP contribution in [0.3, 0.4) is 0 Å². The van der Waals surface area contributed by atoms with Crippen LogP contribution in [0.15, 0.2) is 39.8 Å². The number of nitrogens with zero attached hydrogens (tertiary/aromatic N) is 2. The molecule has 0 N–H and O–H groups in total. The van der Waals surface area contributed by atoms with E-state index in [0.29, 0.717) is 0 Å². The molecule has 0 aliphatic rings. The van der Waals surface area contributed by atoms with Crippen molar-refractivity contribution in [2.45, 2.75) is 13.1 Å².